The quantitative estimate of drug-likeness (QED) is 0.476. The second-order valence-corrected chi connectivity index (χ2v) is 7.59. The molecule has 144 valence electrons. The van der Waals surface area contributed by atoms with Crippen molar-refractivity contribution >= 4 is 41.1 Å². The number of benzene rings is 3. The van der Waals surface area contributed by atoms with Gasteiger partial charge in [-0.3, -0.25) is 9.59 Å². The van der Waals surface area contributed by atoms with Gasteiger partial charge in [-0.25, -0.2) is 0 Å². The van der Waals surface area contributed by atoms with Gasteiger partial charge in [0.2, 0.25) is 5.91 Å². The van der Waals surface area contributed by atoms with Gasteiger partial charge in [-0.15, -0.1) is 0 Å². The van der Waals surface area contributed by atoms with Crippen LogP contribution in [0.4, 0.5) is 5.69 Å². The topological polar surface area (TPSA) is 37.4 Å². The zero-order valence-electron chi connectivity index (χ0n) is 16.3. The van der Waals surface area contributed by atoms with Crippen LogP contribution in [0.2, 0.25) is 5.02 Å². The van der Waals surface area contributed by atoms with E-state index in [1.165, 1.54) is 0 Å². The largest absolute Gasteiger partial charge is 0.308 e. The molecule has 0 spiro atoms. The first-order valence-corrected chi connectivity index (χ1v) is 9.81. The van der Waals surface area contributed by atoms with Gasteiger partial charge in [0.05, 0.1) is 12.2 Å². The Morgan fingerprint density at radius 2 is 1.66 bits per heavy atom. The average Bonchev–Trinajstić information content (AvgIpc) is 2.69. The molecule has 1 aliphatic rings. The molecule has 0 saturated carbocycles. The summed E-state index contributed by atoms with van der Waals surface area (Å²) in [6, 6.07) is 19.3. The second-order valence-electron chi connectivity index (χ2n) is 7.16. The summed E-state index contributed by atoms with van der Waals surface area (Å²) in [5.74, 6) is 0.00929. The van der Waals surface area contributed by atoms with E-state index >= 15 is 0 Å². The number of amides is 1. The number of ketones is 1. The summed E-state index contributed by atoms with van der Waals surface area (Å²) in [4.78, 5) is 26.2. The predicted molar refractivity (Wildman–Crippen MR) is 119 cm³/mol. The zero-order valence-corrected chi connectivity index (χ0v) is 17.0. The molecule has 3 nitrogen and oxygen atoms in total. The van der Waals surface area contributed by atoms with Crippen molar-refractivity contribution in [3.8, 4) is 11.1 Å². The highest BCUT2D eigenvalue weighted by Gasteiger charge is 2.19. The number of halogens is 1. The van der Waals surface area contributed by atoms with Crippen LogP contribution in [0.15, 0.2) is 60.7 Å². The van der Waals surface area contributed by atoms with Crippen molar-refractivity contribution in [2.24, 2.45) is 0 Å². The third kappa shape index (κ3) is 3.74. The van der Waals surface area contributed by atoms with Crippen molar-refractivity contribution in [3.63, 3.8) is 0 Å². The number of carbonyl (C=O) groups is 2. The lowest BCUT2D eigenvalue weighted by Crippen LogP contribution is -2.29. The fourth-order valence-corrected chi connectivity index (χ4v) is 3.90. The molecule has 1 aliphatic heterocycles. The van der Waals surface area contributed by atoms with E-state index in [1.54, 1.807) is 24.8 Å². The molecule has 4 rings (SSSR count). The summed E-state index contributed by atoms with van der Waals surface area (Å²) < 4.78 is 0. The Bertz CT molecular complexity index is 1160. The van der Waals surface area contributed by atoms with Crippen molar-refractivity contribution in [1.82, 2.24) is 0 Å². The summed E-state index contributed by atoms with van der Waals surface area (Å²) >= 11 is 6.18. The fourth-order valence-electron chi connectivity index (χ4n) is 3.72. The molecule has 0 bridgehead atoms. The van der Waals surface area contributed by atoms with Gasteiger partial charge >= 0.3 is 0 Å². The van der Waals surface area contributed by atoms with E-state index in [0.717, 1.165) is 33.5 Å². The maximum atomic E-state index is 12.4. The predicted octanol–water partition coefficient (Wildman–Crippen LogP) is 6.25. The SMILES string of the molecule is CC(=O)c1ccccc1-c1ccc2c(c1)/C=C\c1cc(Cl)ccc1N(C(C)=O)C2. The lowest BCUT2D eigenvalue weighted by atomic mass is 9.93. The molecule has 0 unspecified atom stereocenters. The Kier molecular flexibility index (Phi) is 5.08. The number of fused-ring (bicyclic) bond motifs is 2. The molecule has 0 atom stereocenters. The number of hydrogen-bond acceptors (Lipinski definition) is 2. The smallest absolute Gasteiger partial charge is 0.224 e. The fraction of sp³-hybridized carbons (Fsp3) is 0.120. The summed E-state index contributed by atoms with van der Waals surface area (Å²) in [6.07, 6.45) is 4.03. The van der Waals surface area contributed by atoms with Crippen LogP contribution in [0.3, 0.4) is 0 Å². The van der Waals surface area contributed by atoms with Gasteiger partial charge in [-0.05, 0) is 59.0 Å². The first-order valence-electron chi connectivity index (χ1n) is 9.43. The van der Waals surface area contributed by atoms with E-state index in [-0.39, 0.29) is 11.7 Å². The Labute approximate surface area is 175 Å². The highest BCUT2D eigenvalue weighted by atomic mass is 35.5. The average molecular weight is 402 g/mol. The lowest BCUT2D eigenvalue weighted by Gasteiger charge is -2.26. The van der Waals surface area contributed by atoms with Crippen molar-refractivity contribution < 1.29 is 9.59 Å². The van der Waals surface area contributed by atoms with E-state index in [0.29, 0.717) is 17.1 Å². The van der Waals surface area contributed by atoms with Gasteiger partial charge in [0.1, 0.15) is 0 Å². The summed E-state index contributed by atoms with van der Waals surface area (Å²) in [7, 11) is 0. The van der Waals surface area contributed by atoms with Crippen molar-refractivity contribution in [3.05, 3.63) is 87.9 Å². The van der Waals surface area contributed by atoms with Crippen LogP contribution < -0.4 is 4.90 Å². The molecule has 4 heteroatoms. The van der Waals surface area contributed by atoms with E-state index in [1.807, 2.05) is 60.7 Å². The molecule has 0 radical (unpaired) electrons. The molecule has 0 N–H and O–H groups in total. The first-order chi connectivity index (χ1) is 13.9. The van der Waals surface area contributed by atoms with Crippen molar-refractivity contribution in [2.45, 2.75) is 20.4 Å². The minimum absolute atomic E-state index is 0.0270. The normalized spacial score (nSPS) is 13.7. The monoisotopic (exact) mass is 401 g/mol. The van der Waals surface area contributed by atoms with Crippen LogP contribution in [0, 0.1) is 0 Å². The molecule has 0 aliphatic carbocycles. The van der Waals surface area contributed by atoms with Gasteiger partial charge in [0.25, 0.3) is 0 Å². The summed E-state index contributed by atoms with van der Waals surface area (Å²) in [5, 5.41) is 0.627. The van der Waals surface area contributed by atoms with Crippen LogP contribution >= 0.6 is 11.6 Å². The Balaban J connectivity index is 1.86. The van der Waals surface area contributed by atoms with Gasteiger partial charge in [-0.2, -0.15) is 0 Å². The van der Waals surface area contributed by atoms with E-state index in [4.69, 9.17) is 11.6 Å². The summed E-state index contributed by atoms with van der Waals surface area (Å²) in [5.41, 5.74) is 6.37. The molecule has 3 aromatic carbocycles. The van der Waals surface area contributed by atoms with Crippen LogP contribution in [0.1, 0.15) is 40.9 Å². The van der Waals surface area contributed by atoms with Gasteiger partial charge in [0, 0.05) is 17.5 Å². The molecule has 0 aromatic heterocycles. The highest BCUT2D eigenvalue weighted by Crippen LogP contribution is 2.33. The second kappa shape index (κ2) is 7.69. The minimum Gasteiger partial charge on any atom is -0.308 e. The van der Waals surface area contributed by atoms with Gasteiger partial charge in [-0.1, -0.05) is 60.2 Å². The highest BCUT2D eigenvalue weighted by molar-refractivity contribution is 6.30. The maximum absolute atomic E-state index is 12.4. The minimum atomic E-state index is -0.0270. The molecule has 29 heavy (non-hydrogen) atoms. The number of nitrogens with zero attached hydrogens (tertiary/aromatic N) is 1. The Morgan fingerprint density at radius 3 is 2.41 bits per heavy atom. The van der Waals surface area contributed by atoms with Crippen molar-refractivity contribution in [2.75, 3.05) is 4.90 Å². The van der Waals surface area contributed by atoms with E-state index in [9.17, 15) is 9.59 Å². The van der Waals surface area contributed by atoms with Crippen LogP contribution in [0.25, 0.3) is 23.3 Å². The molecule has 3 aromatic rings. The van der Waals surface area contributed by atoms with Gasteiger partial charge < -0.3 is 4.90 Å². The maximum Gasteiger partial charge on any atom is 0.224 e. The lowest BCUT2D eigenvalue weighted by molar-refractivity contribution is -0.116. The first kappa shape index (κ1) is 19.2. The molecular formula is C25H20ClNO2. The van der Waals surface area contributed by atoms with Crippen LogP contribution in [-0.4, -0.2) is 11.7 Å². The third-order valence-electron chi connectivity index (χ3n) is 5.19. The zero-order chi connectivity index (χ0) is 20.5. The van der Waals surface area contributed by atoms with E-state index < -0.39 is 0 Å². The number of carbonyl (C=O) groups excluding carboxylic acids is 2. The molecule has 1 amide bonds. The Morgan fingerprint density at radius 1 is 0.897 bits per heavy atom. The molecule has 1 heterocycles. The molecule has 0 fully saturated rings. The van der Waals surface area contributed by atoms with E-state index in [2.05, 4.69) is 6.07 Å². The standard InChI is InChI=1S/C25H20ClNO2/c1-16(28)23-5-3-4-6-24(23)19-8-10-21-15-27(17(2)29)25-12-11-22(26)14-20(25)9-7-18(21)13-19/h3-14H,15H2,1-2H3/b9-7-. The number of rotatable bonds is 2. The van der Waals surface area contributed by atoms with Crippen molar-refractivity contribution in [1.29, 1.82) is 0 Å². The number of anilines is 1. The van der Waals surface area contributed by atoms with Crippen LogP contribution in [0.5, 0.6) is 0 Å². The number of Topliss-reactive ketones (excluding diaryl/α,β-unsaturated/α-hetero) is 1. The Hall–Kier alpha value is -3.17. The number of hydrogen-bond donors (Lipinski definition) is 0. The molecular weight excluding hydrogens is 382 g/mol. The van der Waals surface area contributed by atoms with Crippen LogP contribution in [-0.2, 0) is 11.3 Å². The third-order valence-corrected chi connectivity index (χ3v) is 5.43. The summed E-state index contributed by atoms with van der Waals surface area (Å²) in [6.45, 7) is 3.62. The molecule has 0 saturated heterocycles. The van der Waals surface area contributed by atoms with Gasteiger partial charge in [0.15, 0.2) is 5.78 Å².